The minimum Gasteiger partial charge on any atom is -0.380 e. The van der Waals surface area contributed by atoms with E-state index in [1.165, 1.54) is 33.7 Å². The van der Waals surface area contributed by atoms with Crippen LogP contribution in [0, 0.1) is 0 Å². The van der Waals surface area contributed by atoms with E-state index in [9.17, 15) is 0 Å². The Morgan fingerprint density at radius 2 is 2.36 bits per heavy atom. The summed E-state index contributed by atoms with van der Waals surface area (Å²) in [4.78, 5) is 0. The number of nitrogens with one attached hydrogen (secondary N) is 1. The topological polar surface area (TPSA) is 12.0 Å². The predicted molar refractivity (Wildman–Crippen MR) is 66.2 cm³/mol. The number of fused-ring (bicyclic) bond motifs is 3. The minimum atomic E-state index is 0.685. The van der Waals surface area contributed by atoms with E-state index in [4.69, 9.17) is 0 Å². The van der Waals surface area contributed by atoms with Gasteiger partial charge in [0.1, 0.15) is 0 Å². The van der Waals surface area contributed by atoms with E-state index >= 15 is 0 Å². The number of hydrogen-bond acceptors (Lipinski definition) is 2. The number of hydrogen-bond donors (Lipinski definition) is 1. The molecular formula is C11H12BrNS. The second-order valence-electron chi connectivity index (χ2n) is 3.92. The molecule has 0 spiro atoms. The highest BCUT2D eigenvalue weighted by Crippen LogP contribution is 2.45. The van der Waals surface area contributed by atoms with Crippen molar-refractivity contribution < 1.29 is 0 Å². The normalized spacial score (nSPS) is 29.2. The van der Waals surface area contributed by atoms with Crippen LogP contribution in [0.2, 0.25) is 0 Å². The lowest BCUT2D eigenvalue weighted by Gasteiger charge is -2.24. The fourth-order valence-corrected chi connectivity index (χ4v) is 4.15. The largest absolute Gasteiger partial charge is 0.380 e. The lowest BCUT2D eigenvalue weighted by Crippen LogP contribution is -2.26. The van der Waals surface area contributed by atoms with Gasteiger partial charge in [-0.25, -0.2) is 0 Å². The number of rotatable bonds is 0. The van der Waals surface area contributed by atoms with Crippen molar-refractivity contribution >= 4 is 33.4 Å². The van der Waals surface area contributed by atoms with Gasteiger partial charge < -0.3 is 5.32 Å². The smallest absolute Gasteiger partial charge is 0.0523 e. The summed E-state index contributed by atoms with van der Waals surface area (Å²) in [6, 6.07) is 7.22. The number of thioether (sulfide) groups is 1. The maximum absolute atomic E-state index is 3.64. The molecule has 2 aliphatic heterocycles. The second-order valence-corrected chi connectivity index (χ2v) is 5.93. The van der Waals surface area contributed by atoms with Gasteiger partial charge in [0.15, 0.2) is 0 Å². The quantitative estimate of drug-likeness (QED) is 0.774. The summed E-state index contributed by atoms with van der Waals surface area (Å²) in [6.07, 6.45) is 1.30. The SMILES string of the molecule is Brc1cccc2c1N[C@@H]1CCSC[C@H]21. The van der Waals surface area contributed by atoms with Gasteiger partial charge in [-0.15, -0.1) is 0 Å². The molecule has 0 radical (unpaired) electrons. The molecule has 1 aromatic rings. The Morgan fingerprint density at radius 3 is 3.29 bits per heavy atom. The van der Waals surface area contributed by atoms with Crippen molar-refractivity contribution in [2.75, 3.05) is 16.8 Å². The van der Waals surface area contributed by atoms with Gasteiger partial charge in [-0.3, -0.25) is 0 Å². The molecule has 14 heavy (non-hydrogen) atoms. The van der Waals surface area contributed by atoms with Crippen molar-refractivity contribution in [3.8, 4) is 0 Å². The molecule has 0 amide bonds. The van der Waals surface area contributed by atoms with Crippen molar-refractivity contribution in [1.82, 2.24) is 0 Å². The van der Waals surface area contributed by atoms with Crippen LogP contribution in [0.25, 0.3) is 0 Å². The van der Waals surface area contributed by atoms with E-state index in [0.29, 0.717) is 6.04 Å². The third-order valence-electron chi connectivity index (χ3n) is 3.13. The standard InChI is InChI=1S/C11H12BrNS/c12-9-3-1-2-7-8-6-14-5-4-10(8)13-11(7)9/h1-3,8,10,13H,4-6H2/t8-,10-/m1/s1. The van der Waals surface area contributed by atoms with E-state index in [-0.39, 0.29) is 0 Å². The number of anilines is 1. The zero-order chi connectivity index (χ0) is 9.54. The molecule has 0 aromatic heterocycles. The number of benzene rings is 1. The maximum atomic E-state index is 3.64. The van der Waals surface area contributed by atoms with Gasteiger partial charge in [0.05, 0.1) is 5.69 Å². The van der Waals surface area contributed by atoms with Crippen molar-refractivity contribution in [2.45, 2.75) is 18.4 Å². The zero-order valence-electron chi connectivity index (χ0n) is 7.79. The molecule has 1 saturated heterocycles. The summed E-state index contributed by atoms with van der Waals surface area (Å²) in [6.45, 7) is 0. The number of para-hydroxylation sites is 1. The summed E-state index contributed by atoms with van der Waals surface area (Å²) >= 11 is 5.70. The maximum Gasteiger partial charge on any atom is 0.0523 e. The Bertz CT molecular complexity index is 366. The lowest BCUT2D eigenvalue weighted by atomic mass is 9.95. The van der Waals surface area contributed by atoms with Crippen molar-refractivity contribution in [3.05, 3.63) is 28.2 Å². The molecule has 3 rings (SSSR count). The van der Waals surface area contributed by atoms with Crippen LogP contribution in [0.3, 0.4) is 0 Å². The molecule has 2 heterocycles. The Morgan fingerprint density at radius 1 is 1.43 bits per heavy atom. The van der Waals surface area contributed by atoms with E-state index in [1.807, 2.05) is 0 Å². The van der Waals surface area contributed by atoms with E-state index in [1.54, 1.807) is 0 Å². The lowest BCUT2D eigenvalue weighted by molar-refractivity contribution is 0.614. The van der Waals surface area contributed by atoms with Crippen molar-refractivity contribution in [2.24, 2.45) is 0 Å². The molecule has 2 atom stereocenters. The van der Waals surface area contributed by atoms with Gasteiger partial charge in [0.25, 0.3) is 0 Å². The second kappa shape index (κ2) is 3.46. The van der Waals surface area contributed by atoms with Crippen LogP contribution in [0.4, 0.5) is 5.69 Å². The average Bonchev–Trinajstić information content (AvgIpc) is 2.59. The number of halogens is 1. The van der Waals surface area contributed by atoms with Crippen LogP contribution < -0.4 is 5.32 Å². The molecule has 3 heteroatoms. The highest BCUT2D eigenvalue weighted by molar-refractivity contribution is 9.10. The van der Waals surface area contributed by atoms with Crippen LogP contribution in [-0.2, 0) is 0 Å². The first-order valence-corrected chi connectivity index (χ1v) is 6.94. The fourth-order valence-electron chi connectivity index (χ4n) is 2.40. The van der Waals surface area contributed by atoms with Crippen molar-refractivity contribution in [1.29, 1.82) is 0 Å². The minimum absolute atomic E-state index is 0.685. The van der Waals surface area contributed by atoms with Gasteiger partial charge in [-0.1, -0.05) is 12.1 Å². The highest BCUT2D eigenvalue weighted by atomic mass is 79.9. The monoisotopic (exact) mass is 269 g/mol. The highest BCUT2D eigenvalue weighted by Gasteiger charge is 2.34. The third-order valence-corrected chi connectivity index (χ3v) is 4.91. The Balaban J connectivity index is 2.05. The molecule has 0 saturated carbocycles. The van der Waals surface area contributed by atoms with E-state index < -0.39 is 0 Å². The Kier molecular flexibility index (Phi) is 2.25. The first-order valence-electron chi connectivity index (χ1n) is 4.99. The Labute approximate surface area is 96.8 Å². The molecule has 0 bridgehead atoms. The van der Waals surface area contributed by atoms with Gasteiger partial charge in [0, 0.05) is 22.2 Å². The van der Waals surface area contributed by atoms with Crippen LogP contribution in [0.1, 0.15) is 17.9 Å². The Hall–Kier alpha value is -0.150. The molecule has 1 fully saturated rings. The van der Waals surface area contributed by atoms with Gasteiger partial charge in [-0.05, 0) is 39.7 Å². The summed E-state index contributed by atoms with van der Waals surface area (Å²) in [5.41, 5.74) is 2.85. The molecule has 74 valence electrons. The van der Waals surface area contributed by atoms with Gasteiger partial charge >= 0.3 is 0 Å². The summed E-state index contributed by atoms with van der Waals surface area (Å²) in [5.74, 6) is 3.32. The van der Waals surface area contributed by atoms with Crippen LogP contribution >= 0.6 is 27.7 Å². The first kappa shape index (κ1) is 9.10. The summed E-state index contributed by atoms with van der Waals surface area (Å²) < 4.78 is 1.22. The molecular weight excluding hydrogens is 258 g/mol. The van der Waals surface area contributed by atoms with Crippen LogP contribution in [0.5, 0.6) is 0 Å². The molecule has 1 N–H and O–H groups in total. The first-order chi connectivity index (χ1) is 6.86. The van der Waals surface area contributed by atoms with Gasteiger partial charge in [0.2, 0.25) is 0 Å². The van der Waals surface area contributed by atoms with Crippen LogP contribution in [0.15, 0.2) is 22.7 Å². The average molecular weight is 270 g/mol. The van der Waals surface area contributed by atoms with Gasteiger partial charge in [-0.2, -0.15) is 11.8 Å². The van der Waals surface area contributed by atoms with E-state index in [2.05, 4.69) is 51.2 Å². The van der Waals surface area contributed by atoms with Crippen molar-refractivity contribution in [3.63, 3.8) is 0 Å². The fraction of sp³-hybridized carbons (Fsp3) is 0.455. The molecule has 0 unspecified atom stereocenters. The summed E-state index contributed by atoms with van der Waals surface area (Å²) in [5, 5.41) is 3.64. The third kappa shape index (κ3) is 1.29. The van der Waals surface area contributed by atoms with Crippen LogP contribution in [-0.4, -0.2) is 17.5 Å². The van der Waals surface area contributed by atoms with E-state index in [0.717, 1.165) is 5.92 Å². The molecule has 2 aliphatic rings. The molecule has 1 nitrogen and oxygen atoms in total. The summed E-state index contributed by atoms with van der Waals surface area (Å²) in [7, 11) is 0. The molecule has 0 aliphatic carbocycles. The predicted octanol–water partition coefficient (Wildman–Crippen LogP) is 3.46. The molecule has 1 aromatic carbocycles. The zero-order valence-corrected chi connectivity index (χ0v) is 10.2.